The summed E-state index contributed by atoms with van der Waals surface area (Å²) in [6, 6.07) is 7.04. The molecule has 5 rings (SSSR count). The van der Waals surface area contributed by atoms with Crippen LogP contribution in [-0.2, 0) is 9.47 Å². The van der Waals surface area contributed by atoms with Crippen molar-refractivity contribution in [3.05, 3.63) is 24.3 Å². The number of ether oxygens (including phenoxy) is 2. The van der Waals surface area contributed by atoms with Crippen LogP contribution in [-0.4, -0.2) is 76.6 Å². The van der Waals surface area contributed by atoms with Gasteiger partial charge in [0.2, 0.25) is 5.95 Å². The summed E-state index contributed by atoms with van der Waals surface area (Å²) in [5.41, 5.74) is 2.22. The van der Waals surface area contributed by atoms with Crippen molar-refractivity contribution < 1.29 is 14.6 Å². The lowest BCUT2D eigenvalue weighted by Gasteiger charge is -2.36. The van der Waals surface area contributed by atoms with Crippen LogP contribution < -0.4 is 9.80 Å². The number of anilines is 2. The Hall–Kier alpha value is -2.91. The van der Waals surface area contributed by atoms with E-state index in [9.17, 15) is 5.11 Å². The minimum absolute atomic E-state index is 0.115. The van der Waals surface area contributed by atoms with Gasteiger partial charge in [0.05, 0.1) is 25.4 Å². The third-order valence-corrected chi connectivity index (χ3v) is 5.45. The molecule has 0 amide bonds. The van der Waals surface area contributed by atoms with Gasteiger partial charge in [-0.2, -0.15) is 9.97 Å². The number of morpholine rings is 2. The van der Waals surface area contributed by atoms with E-state index in [0.29, 0.717) is 30.6 Å². The molecule has 3 aromatic rings. The third kappa shape index (κ3) is 3.66. The Morgan fingerprint density at radius 3 is 2.53 bits per heavy atom. The highest BCUT2D eigenvalue weighted by Gasteiger charge is 2.27. The van der Waals surface area contributed by atoms with Crippen molar-refractivity contribution in [2.24, 2.45) is 0 Å². The Balaban J connectivity index is 1.61. The highest BCUT2D eigenvalue weighted by Crippen LogP contribution is 2.30. The summed E-state index contributed by atoms with van der Waals surface area (Å²) in [6.07, 6.45) is 0.231. The highest BCUT2D eigenvalue weighted by atomic mass is 16.5. The summed E-state index contributed by atoms with van der Waals surface area (Å²) in [4.78, 5) is 22.3. The van der Waals surface area contributed by atoms with E-state index in [1.165, 1.54) is 0 Å². The predicted octanol–water partition coefficient (Wildman–Crippen LogP) is 2.18. The summed E-state index contributed by atoms with van der Waals surface area (Å²) in [5.74, 6) is 2.35. The molecule has 0 unspecified atom stereocenters. The van der Waals surface area contributed by atoms with E-state index in [0.717, 1.165) is 43.1 Å². The number of benzene rings is 1. The Morgan fingerprint density at radius 1 is 1.03 bits per heavy atom. The number of aromatic hydroxyl groups is 1. The zero-order chi connectivity index (χ0) is 20.7. The van der Waals surface area contributed by atoms with E-state index in [-0.39, 0.29) is 18.0 Å². The molecule has 0 bridgehead atoms. The molecule has 0 saturated carbocycles. The molecule has 2 aliphatic rings. The van der Waals surface area contributed by atoms with E-state index < -0.39 is 0 Å². The van der Waals surface area contributed by atoms with Crippen molar-refractivity contribution in [3.63, 3.8) is 0 Å². The lowest BCUT2D eigenvalue weighted by molar-refractivity contribution is -0.00570. The molecular weight excluding hydrogens is 384 g/mol. The number of fused-ring (bicyclic) bond motifs is 1. The SMILES string of the molecule is C[C@@H]1CN(c2nc(N3CCOCC3)c3nc(-c4cccc(O)c4)[nH]c3n2)C[C@H](C)O1. The van der Waals surface area contributed by atoms with Crippen LogP contribution in [0.3, 0.4) is 0 Å². The molecule has 0 aliphatic carbocycles. The van der Waals surface area contributed by atoms with Gasteiger partial charge in [-0.1, -0.05) is 12.1 Å². The average Bonchev–Trinajstić information content (AvgIpc) is 3.17. The van der Waals surface area contributed by atoms with Gasteiger partial charge < -0.3 is 29.4 Å². The van der Waals surface area contributed by atoms with Crippen LogP contribution in [0.5, 0.6) is 5.75 Å². The number of H-pyrrole nitrogens is 1. The normalized spacial score (nSPS) is 22.6. The number of rotatable bonds is 3. The molecule has 4 heterocycles. The van der Waals surface area contributed by atoms with E-state index in [1.54, 1.807) is 18.2 Å². The van der Waals surface area contributed by atoms with Crippen molar-refractivity contribution in [2.75, 3.05) is 49.2 Å². The molecule has 0 radical (unpaired) electrons. The van der Waals surface area contributed by atoms with E-state index in [2.05, 4.69) is 28.6 Å². The summed E-state index contributed by atoms with van der Waals surface area (Å²) < 4.78 is 11.4. The number of nitrogens with one attached hydrogen (secondary N) is 1. The number of aromatic nitrogens is 4. The van der Waals surface area contributed by atoms with Crippen molar-refractivity contribution in [1.82, 2.24) is 19.9 Å². The third-order valence-electron chi connectivity index (χ3n) is 5.45. The maximum absolute atomic E-state index is 9.86. The number of phenols is 1. The van der Waals surface area contributed by atoms with Gasteiger partial charge >= 0.3 is 0 Å². The molecule has 2 atom stereocenters. The van der Waals surface area contributed by atoms with Crippen molar-refractivity contribution >= 4 is 22.9 Å². The van der Waals surface area contributed by atoms with Crippen LogP contribution in [0.2, 0.25) is 0 Å². The molecule has 2 fully saturated rings. The van der Waals surface area contributed by atoms with Gasteiger partial charge in [-0.05, 0) is 26.0 Å². The fourth-order valence-electron chi connectivity index (χ4n) is 4.14. The van der Waals surface area contributed by atoms with E-state index in [1.807, 2.05) is 6.07 Å². The minimum atomic E-state index is 0.115. The fraction of sp³-hybridized carbons (Fsp3) is 0.476. The Kier molecular flexibility index (Phi) is 4.92. The molecule has 30 heavy (non-hydrogen) atoms. The molecule has 2 aliphatic heterocycles. The van der Waals surface area contributed by atoms with Crippen LogP contribution in [0.1, 0.15) is 13.8 Å². The molecule has 158 valence electrons. The first kappa shape index (κ1) is 19.1. The van der Waals surface area contributed by atoms with E-state index in [4.69, 9.17) is 24.4 Å². The summed E-state index contributed by atoms with van der Waals surface area (Å²) in [5, 5.41) is 9.86. The summed E-state index contributed by atoms with van der Waals surface area (Å²) >= 11 is 0. The zero-order valence-corrected chi connectivity index (χ0v) is 17.2. The van der Waals surface area contributed by atoms with Crippen LogP contribution in [0.4, 0.5) is 11.8 Å². The first-order valence-corrected chi connectivity index (χ1v) is 10.4. The maximum Gasteiger partial charge on any atom is 0.229 e. The maximum atomic E-state index is 9.86. The van der Waals surface area contributed by atoms with Gasteiger partial charge in [-0.3, -0.25) is 0 Å². The molecule has 9 nitrogen and oxygen atoms in total. The Morgan fingerprint density at radius 2 is 1.80 bits per heavy atom. The van der Waals surface area contributed by atoms with Gasteiger partial charge in [0.15, 0.2) is 17.0 Å². The second kappa shape index (κ2) is 7.73. The summed E-state index contributed by atoms with van der Waals surface area (Å²) in [6.45, 7) is 8.47. The Bertz CT molecular complexity index is 1040. The van der Waals surface area contributed by atoms with Crippen molar-refractivity contribution in [2.45, 2.75) is 26.1 Å². The van der Waals surface area contributed by atoms with Gasteiger partial charge in [0.25, 0.3) is 0 Å². The smallest absolute Gasteiger partial charge is 0.229 e. The number of nitrogens with zero attached hydrogens (tertiary/aromatic N) is 5. The fourth-order valence-corrected chi connectivity index (χ4v) is 4.14. The Labute approximate surface area is 174 Å². The van der Waals surface area contributed by atoms with Crippen molar-refractivity contribution in [3.8, 4) is 17.1 Å². The first-order valence-electron chi connectivity index (χ1n) is 10.4. The number of imidazole rings is 1. The van der Waals surface area contributed by atoms with Gasteiger partial charge in [-0.15, -0.1) is 0 Å². The second-order valence-electron chi connectivity index (χ2n) is 7.94. The van der Waals surface area contributed by atoms with Crippen molar-refractivity contribution in [1.29, 1.82) is 0 Å². The first-order chi connectivity index (χ1) is 14.6. The lowest BCUT2D eigenvalue weighted by Crippen LogP contribution is -2.46. The highest BCUT2D eigenvalue weighted by molar-refractivity contribution is 5.87. The van der Waals surface area contributed by atoms with Crippen LogP contribution >= 0.6 is 0 Å². The van der Waals surface area contributed by atoms with Crippen LogP contribution in [0, 0.1) is 0 Å². The largest absolute Gasteiger partial charge is 0.508 e. The van der Waals surface area contributed by atoms with Gasteiger partial charge in [0.1, 0.15) is 11.6 Å². The van der Waals surface area contributed by atoms with Gasteiger partial charge in [-0.25, -0.2) is 4.98 Å². The molecule has 2 saturated heterocycles. The number of aromatic amines is 1. The topological polar surface area (TPSA) is 99.6 Å². The quantitative estimate of drug-likeness (QED) is 0.678. The molecule has 2 aromatic heterocycles. The predicted molar refractivity (Wildman–Crippen MR) is 114 cm³/mol. The number of hydrogen-bond donors (Lipinski definition) is 2. The second-order valence-corrected chi connectivity index (χ2v) is 7.94. The average molecular weight is 410 g/mol. The standard InChI is InChI=1S/C21H26N6O3/c1-13-11-27(12-14(2)30-13)21-24-19-17(20(25-21)26-6-8-29-9-7-26)22-18(23-19)15-4-3-5-16(28)10-15/h3-5,10,13-14,28H,6-9,11-12H2,1-2H3,(H,22,23,24,25)/t13-,14+. The molecular formula is C21H26N6O3. The molecule has 0 spiro atoms. The van der Waals surface area contributed by atoms with Gasteiger partial charge in [0, 0.05) is 31.7 Å². The molecule has 1 aromatic carbocycles. The monoisotopic (exact) mass is 410 g/mol. The number of phenolic OH excluding ortho intramolecular Hbond substituents is 1. The molecule has 9 heteroatoms. The number of hydrogen-bond acceptors (Lipinski definition) is 8. The minimum Gasteiger partial charge on any atom is -0.508 e. The van der Waals surface area contributed by atoms with E-state index >= 15 is 0 Å². The van der Waals surface area contributed by atoms with Crippen LogP contribution in [0.25, 0.3) is 22.6 Å². The lowest BCUT2D eigenvalue weighted by atomic mass is 10.2. The summed E-state index contributed by atoms with van der Waals surface area (Å²) in [7, 11) is 0. The van der Waals surface area contributed by atoms with Crippen LogP contribution in [0.15, 0.2) is 24.3 Å². The zero-order valence-electron chi connectivity index (χ0n) is 17.2. The molecule has 2 N–H and O–H groups in total.